The van der Waals surface area contributed by atoms with Gasteiger partial charge in [-0.3, -0.25) is 9.59 Å². The molecule has 110 valence electrons. The molecule has 0 unspecified atom stereocenters. The standard InChI is InChI=1S/C11H17F3N2O3/c1-7-2-3-8(10(15)18)4-16(7)9(17)5-19-6-11(12,13)14/h7-8H,2-6H2,1H3,(H2,15,18)/t7-,8+/m0/s1. The molecule has 19 heavy (non-hydrogen) atoms. The molecule has 8 heteroatoms. The molecule has 0 radical (unpaired) electrons. The highest BCUT2D eigenvalue weighted by atomic mass is 19.4. The van der Waals surface area contributed by atoms with E-state index in [2.05, 4.69) is 4.74 Å². The Labute approximate surface area is 108 Å². The molecule has 0 spiro atoms. The maximum absolute atomic E-state index is 11.9. The molecular formula is C11H17F3N2O3. The number of hydrogen-bond acceptors (Lipinski definition) is 3. The van der Waals surface area contributed by atoms with Crippen LogP contribution in [0, 0.1) is 5.92 Å². The molecule has 0 bridgehead atoms. The topological polar surface area (TPSA) is 72.6 Å². The molecule has 0 aromatic carbocycles. The number of ether oxygens (including phenoxy) is 1. The SMILES string of the molecule is C[C@H]1CC[C@@H](C(N)=O)CN1C(=O)COCC(F)(F)F. The summed E-state index contributed by atoms with van der Waals surface area (Å²) in [4.78, 5) is 24.2. The fraction of sp³-hybridized carbons (Fsp3) is 0.818. The summed E-state index contributed by atoms with van der Waals surface area (Å²) in [7, 11) is 0. The summed E-state index contributed by atoms with van der Waals surface area (Å²) in [6.45, 7) is -0.181. The maximum Gasteiger partial charge on any atom is 0.411 e. The molecule has 0 aromatic heterocycles. The lowest BCUT2D eigenvalue weighted by Crippen LogP contribution is -2.49. The van der Waals surface area contributed by atoms with Gasteiger partial charge in [-0.25, -0.2) is 0 Å². The van der Waals surface area contributed by atoms with E-state index < -0.39 is 37.1 Å². The van der Waals surface area contributed by atoms with E-state index in [0.29, 0.717) is 12.8 Å². The summed E-state index contributed by atoms with van der Waals surface area (Å²) < 4.78 is 40.0. The first-order chi connectivity index (χ1) is 8.70. The zero-order chi connectivity index (χ0) is 14.6. The van der Waals surface area contributed by atoms with Crippen LogP contribution in [0.5, 0.6) is 0 Å². The number of piperidine rings is 1. The first-order valence-electron chi connectivity index (χ1n) is 5.94. The molecule has 1 heterocycles. The van der Waals surface area contributed by atoms with Crippen LogP contribution in [0.25, 0.3) is 0 Å². The van der Waals surface area contributed by atoms with Crippen LogP contribution in [0.4, 0.5) is 13.2 Å². The van der Waals surface area contributed by atoms with Gasteiger partial charge < -0.3 is 15.4 Å². The van der Waals surface area contributed by atoms with E-state index in [1.807, 2.05) is 0 Å². The van der Waals surface area contributed by atoms with Gasteiger partial charge in [-0.15, -0.1) is 0 Å². The molecule has 0 saturated carbocycles. The van der Waals surface area contributed by atoms with Crippen molar-refractivity contribution in [3.8, 4) is 0 Å². The number of carbonyl (C=O) groups excluding carboxylic acids is 2. The van der Waals surface area contributed by atoms with Crippen LogP contribution in [0.15, 0.2) is 0 Å². The van der Waals surface area contributed by atoms with Gasteiger partial charge in [-0.2, -0.15) is 13.2 Å². The van der Waals surface area contributed by atoms with E-state index in [4.69, 9.17) is 5.73 Å². The zero-order valence-corrected chi connectivity index (χ0v) is 10.6. The van der Waals surface area contributed by atoms with Crippen molar-refractivity contribution in [1.82, 2.24) is 4.90 Å². The third-order valence-corrected chi connectivity index (χ3v) is 3.10. The average Bonchev–Trinajstić information content (AvgIpc) is 2.27. The first-order valence-corrected chi connectivity index (χ1v) is 5.94. The summed E-state index contributed by atoms with van der Waals surface area (Å²) in [6.07, 6.45) is -3.27. The van der Waals surface area contributed by atoms with Crippen molar-refractivity contribution in [2.45, 2.75) is 32.0 Å². The minimum atomic E-state index is -4.45. The van der Waals surface area contributed by atoms with Crippen molar-refractivity contribution in [1.29, 1.82) is 0 Å². The summed E-state index contributed by atoms with van der Waals surface area (Å²) in [6, 6.07) is -0.127. The Morgan fingerprint density at radius 1 is 1.37 bits per heavy atom. The van der Waals surface area contributed by atoms with E-state index in [-0.39, 0.29) is 12.6 Å². The quantitative estimate of drug-likeness (QED) is 0.824. The summed E-state index contributed by atoms with van der Waals surface area (Å²) in [5, 5.41) is 0. The second kappa shape index (κ2) is 6.23. The molecule has 0 aromatic rings. The number of alkyl halides is 3. The smallest absolute Gasteiger partial charge is 0.369 e. The number of nitrogens with zero attached hydrogens (tertiary/aromatic N) is 1. The Morgan fingerprint density at radius 3 is 2.53 bits per heavy atom. The van der Waals surface area contributed by atoms with E-state index in [1.165, 1.54) is 4.90 Å². The Balaban J connectivity index is 2.47. The van der Waals surface area contributed by atoms with Gasteiger partial charge in [0, 0.05) is 12.6 Å². The lowest BCUT2D eigenvalue weighted by Gasteiger charge is -2.36. The third kappa shape index (κ3) is 5.06. The molecule has 1 aliphatic rings. The minimum Gasteiger partial charge on any atom is -0.369 e. The van der Waals surface area contributed by atoms with Crippen LogP contribution >= 0.6 is 0 Å². The van der Waals surface area contributed by atoms with Gasteiger partial charge >= 0.3 is 6.18 Å². The van der Waals surface area contributed by atoms with Gasteiger partial charge in [-0.1, -0.05) is 0 Å². The molecule has 5 nitrogen and oxygen atoms in total. The zero-order valence-electron chi connectivity index (χ0n) is 10.6. The molecule has 2 amide bonds. The maximum atomic E-state index is 11.9. The van der Waals surface area contributed by atoms with Crippen LogP contribution in [-0.4, -0.2) is 48.7 Å². The van der Waals surface area contributed by atoms with E-state index in [9.17, 15) is 22.8 Å². The van der Waals surface area contributed by atoms with Crippen LogP contribution in [0.2, 0.25) is 0 Å². The van der Waals surface area contributed by atoms with E-state index in [1.54, 1.807) is 6.92 Å². The predicted octanol–water partition coefficient (Wildman–Crippen LogP) is 0.678. The van der Waals surface area contributed by atoms with Crippen molar-refractivity contribution < 1.29 is 27.5 Å². The molecule has 1 saturated heterocycles. The predicted molar refractivity (Wildman–Crippen MR) is 60.0 cm³/mol. The van der Waals surface area contributed by atoms with Crippen LogP contribution < -0.4 is 5.73 Å². The highest BCUT2D eigenvalue weighted by Gasteiger charge is 2.32. The number of hydrogen-bond donors (Lipinski definition) is 1. The first kappa shape index (κ1) is 15.7. The molecule has 0 aliphatic carbocycles. The van der Waals surface area contributed by atoms with E-state index >= 15 is 0 Å². The normalized spacial score (nSPS) is 24.3. The van der Waals surface area contributed by atoms with Gasteiger partial charge in [0.1, 0.15) is 13.2 Å². The largest absolute Gasteiger partial charge is 0.411 e. The van der Waals surface area contributed by atoms with Crippen LogP contribution in [-0.2, 0) is 14.3 Å². The number of amides is 2. The second-order valence-corrected chi connectivity index (χ2v) is 4.68. The minimum absolute atomic E-state index is 0.127. The molecule has 2 N–H and O–H groups in total. The molecule has 1 aliphatic heterocycles. The Morgan fingerprint density at radius 2 is 2.00 bits per heavy atom. The van der Waals surface area contributed by atoms with Crippen molar-refractivity contribution in [2.75, 3.05) is 19.8 Å². The van der Waals surface area contributed by atoms with Crippen molar-refractivity contribution >= 4 is 11.8 Å². The highest BCUT2D eigenvalue weighted by molar-refractivity contribution is 5.81. The molecule has 1 fully saturated rings. The number of nitrogens with two attached hydrogens (primary N) is 1. The molecule has 1 rings (SSSR count). The van der Waals surface area contributed by atoms with Crippen molar-refractivity contribution in [3.05, 3.63) is 0 Å². The van der Waals surface area contributed by atoms with E-state index in [0.717, 1.165) is 0 Å². The Bertz CT molecular complexity index is 347. The summed E-state index contributed by atoms with van der Waals surface area (Å²) in [5.41, 5.74) is 5.18. The Kier molecular flexibility index (Phi) is 5.16. The highest BCUT2D eigenvalue weighted by Crippen LogP contribution is 2.22. The monoisotopic (exact) mass is 282 g/mol. The number of likely N-dealkylation sites (tertiary alicyclic amines) is 1. The molecule has 2 atom stereocenters. The number of primary amides is 1. The lowest BCUT2D eigenvalue weighted by molar-refractivity contribution is -0.178. The van der Waals surface area contributed by atoms with Crippen LogP contribution in [0.3, 0.4) is 0 Å². The number of rotatable bonds is 4. The van der Waals surface area contributed by atoms with Gasteiger partial charge in [0.25, 0.3) is 0 Å². The second-order valence-electron chi connectivity index (χ2n) is 4.68. The average molecular weight is 282 g/mol. The summed E-state index contributed by atoms with van der Waals surface area (Å²) in [5.74, 6) is -1.49. The van der Waals surface area contributed by atoms with Crippen LogP contribution in [0.1, 0.15) is 19.8 Å². The van der Waals surface area contributed by atoms with Gasteiger partial charge in [0.15, 0.2) is 0 Å². The number of carbonyl (C=O) groups is 2. The van der Waals surface area contributed by atoms with Crippen molar-refractivity contribution in [2.24, 2.45) is 11.7 Å². The van der Waals surface area contributed by atoms with Crippen molar-refractivity contribution in [3.63, 3.8) is 0 Å². The van der Waals surface area contributed by atoms with Gasteiger partial charge in [-0.05, 0) is 19.8 Å². The number of halogens is 3. The lowest BCUT2D eigenvalue weighted by atomic mass is 9.93. The fourth-order valence-electron chi connectivity index (χ4n) is 2.02. The Hall–Kier alpha value is -1.31. The third-order valence-electron chi connectivity index (χ3n) is 3.10. The fourth-order valence-corrected chi connectivity index (χ4v) is 2.02. The van der Waals surface area contributed by atoms with Gasteiger partial charge in [0.2, 0.25) is 11.8 Å². The van der Waals surface area contributed by atoms with Gasteiger partial charge in [0.05, 0.1) is 5.92 Å². The summed E-state index contributed by atoms with van der Waals surface area (Å²) >= 11 is 0. The molecular weight excluding hydrogens is 265 g/mol.